The van der Waals surface area contributed by atoms with Crippen molar-refractivity contribution in [3.8, 4) is 0 Å². The lowest BCUT2D eigenvalue weighted by atomic mass is 9.93. The van der Waals surface area contributed by atoms with Crippen LogP contribution in [0.15, 0.2) is 36.4 Å². The highest BCUT2D eigenvalue weighted by Gasteiger charge is 2.20. The van der Waals surface area contributed by atoms with Crippen LogP contribution < -0.4 is 5.32 Å². The van der Waals surface area contributed by atoms with Crippen LogP contribution in [0.25, 0.3) is 0 Å². The van der Waals surface area contributed by atoms with E-state index in [1.54, 1.807) is 12.1 Å². The zero-order valence-electron chi connectivity index (χ0n) is 12.7. The van der Waals surface area contributed by atoms with Crippen LogP contribution in [0.1, 0.15) is 41.6 Å². The summed E-state index contributed by atoms with van der Waals surface area (Å²) in [5, 5.41) is 3.32. The normalized spacial score (nSPS) is 12.4. The average molecular weight is 289 g/mol. The smallest absolute Gasteiger partial charge is 0.163 e. The highest BCUT2D eigenvalue weighted by atomic mass is 19.2. The van der Waals surface area contributed by atoms with Gasteiger partial charge in [0.05, 0.1) is 6.04 Å². The first-order valence-corrected chi connectivity index (χ1v) is 7.29. The number of hydrogen-bond acceptors (Lipinski definition) is 1. The van der Waals surface area contributed by atoms with Crippen molar-refractivity contribution >= 4 is 0 Å². The number of aryl methyl sites for hydroxylation is 2. The van der Waals surface area contributed by atoms with E-state index in [4.69, 9.17) is 0 Å². The van der Waals surface area contributed by atoms with Crippen LogP contribution in [0.5, 0.6) is 0 Å². The van der Waals surface area contributed by atoms with Gasteiger partial charge in [-0.3, -0.25) is 0 Å². The molecule has 1 atom stereocenters. The number of nitrogens with one attached hydrogen (secondary N) is 1. The summed E-state index contributed by atoms with van der Waals surface area (Å²) in [6, 6.07) is 10.1. The SMILES string of the molecule is CCCNC(c1ccc(C)cc1C)c1cccc(F)c1F. The quantitative estimate of drug-likeness (QED) is 0.843. The third-order valence-electron chi connectivity index (χ3n) is 3.63. The minimum atomic E-state index is -0.805. The first-order valence-electron chi connectivity index (χ1n) is 7.29. The van der Waals surface area contributed by atoms with Crippen molar-refractivity contribution in [1.29, 1.82) is 0 Å². The summed E-state index contributed by atoms with van der Waals surface area (Å²) in [4.78, 5) is 0. The minimum Gasteiger partial charge on any atom is -0.306 e. The van der Waals surface area contributed by atoms with Gasteiger partial charge in [0.25, 0.3) is 0 Å². The van der Waals surface area contributed by atoms with E-state index in [0.717, 1.165) is 35.7 Å². The fourth-order valence-corrected chi connectivity index (χ4v) is 2.57. The molecule has 0 amide bonds. The molecule has 0 aromatic heterocycles. The lowest BCUT2D eigenvalue weighted by Gasteiger charge is -2.22. The van der Waals surface area contributed by atoms with Crippen molar-refractivity contribution in [2.75, 3.05) is 6.54 Å². The van der Waals surface area contributed by atoms with Crippen LogP contribution in [0.3, 0.4) is 0 Å². The molecule has 2 rings (SSSR count). The van der Waals surface area contributed by atoms with E-state index in [2.05, 4.69) is 11.4 Å². The van der Waals surface area contributed by atoms with Gasteiger partial charge in [0.15, 0.2) is 11.6 Å². The zero-order valence-corrected chi connectivity index (χ0v) is 12.7. The highest BCUT2D eigenvalue weighted by molar-refractivity contribution is 5.39. The molecular weight excluding hydrogens is 268 g/mol. The van der Waals surface area contributed by atoms with Crippen molar-refractivity contribution in [3.05, 3.63) is 70.3 Å². The van der Waals surface area contributed by atoms with Gasteiger partial charge in [0, 0.05) is 5.56 Å². The van der Waals surface area contributed by atoms with E-state index in [0.29, 0.717) is 5.56 Å². The Balaban J connectivity index is 2.49. The third kappa shape index (κ3) is 3.48. The van der Waals surface area contributed by atoms with Crippen LogP contribution in [-0.2, 0) is 0 Å². The molecule has 0 saturated carbocycles. The maximum Gasteiger partial charge on any atom is 0.163 e. The zero-order chi connectivity index (χ0) is 15.4. The predicted molar refractivity (Wildman–Crippen MR) is 82.4 cm³/mol. The second-order valence-corrected chi connectivity index (χ2v) is 5.39. The Labute approximate surface area is 125 Å². The maximum atomic E-state index is 14.2. The molecule has 0 radical (unpaired) electrons. The van der Waals surface area contributed by atoms with Gasteiger partial charge in [0.2, 0.25) is 0 Å². The Morgan fingerprint density at radius 1 is 1.05 bits per heavy atom. The fourth-order valence-electron chi connectivity index (χ4n) is 2.57. The standard InChI is InChI=1S/C18H21F2N/c1-4-10-21-18(14-9-8-12(2)11-13(14)3)15-6-5-7-16(19)17(15)20/h5-9,11,18,21H,4,10H2,1-3H3. The monoisotopic (exact) mass is 289 g/mol. The Kier molecular flexibility index (Phi) is 5.07. The van der Waals surface area contributed by atoms with Crippen LogP contribution in [0.4, 0.5) is 8.78 Å². The summed E-state index contributed by atoms with van der Waals surface area (Å²) in [7, 11) is 0. The molecule has 0 aliphatic heterocycles. The van der Waals surface area contributed by atoms with E-state index in [-0.39, 0.29) is 6.04 Å². The van der Waals surface area contributed by atoms with E-state index >= 15 is 0 Å². The molecule has 1 unspecified atom stereocenters. The lowest BCUT2D eigenvalue weighted by Crippen LogP contribution is -2.25. The van der Waals surface area contributed by atoms with Crippen LogP contribution in [0, 0.1) is 25.5 Å². The van der Waals surface area contributed by atoms with Gasteiger partial charge in [-0.2, -0.15) is 0 Å². The van der Waals surface area contributed by atoms with E-state index in [1.165, 1.54) is 0 Å². The van der Waals surface area contributed by atoms with Gasteiger partial charge in [0.1, 0.15) is 0 Å². The molecule has 1 nitrogen and oxygen atoms in total. The molecule has 21 heavy (non-hydrogen) atoms. The topological polar surface area (TPSA) is 12.0 Å². The molecule has 0 bridgehead atoms. The van der Waals surface area contributed by atoms with Gasteiger partial charge in [-0.15, -0.1) is 0 Å². The van der Waals surface area contributed by atoms with Crippen LogP contribution >= 0.6 is 0 Å². The molecule has 0 aliphatic rings. The van der Waals surface area contributed by atoms with Gasteiger partial charge in [-0.1, -0.05) is 42.8 Å². The predicted octanol–water partition coefficient (Wildman–Crippen LogP) is 4.67. The van der Waals surface area contributed by atoms with Crippen molar-refractivity contribution in [3.63, 3.8) is 0 Å². The number of halogens is 2. The van der Waals surface area contributed by atoms with Gasteiger partial charge >= 0.3 is 0 Å². The van der Waals surface area contributed by atoms with Crippen molar-refractivity contribution < 1.29 is 8.78 Å². The number of hydrogen-bond donors (Lipinski definition) is 1. The molecule has 0 saturated heterocycles. The van der Waals surface area contributed by atoms with Crippen LogP contribution in [0.2, 0.25) is 0 Å². The maximum absolute atomic E-state index is 14.2. The number of benzene rings is 2. The summed E-state index contributed by atoms with van der Waals surface area (Å²) in [5.74, 6) is -1.58. The average Bonchev–Trinajstić information content (AvgIpc) is 2.45. The first kappa shape index (κ1) is 15.6. The minimum absolute atomic E-state index is 0.332. The summed E-state index contributed by atoms with van der Waals surface area (Å²) >= 11 is 0. The lowest BCUT2D eigenvalue weighted by molar-refractivity contribution is 0.480. The van der Waals surface area contributed by atoms with Crippen molar-refractivity contribution in [2.45, 2.75) is 33.2 Å². The summed E-state index contributed by atoms with van der Waals surface area (Å²) in [5.41, 5.74) is 3.58. The van der Waals surface area contributed by atoms with Crippen molar-refractivity contribution in [1.82, 2.24) is 5.32 Å². The van der Waals surface area contributed by atoms with E-state index < -0.39 is 11.6 Å². The third-order valence-corrected chi connectivity index (χ3v) is 3.63. The van der Waals surface area contributed by atoms with Crippen LogP contribution in [-0.4, -0.2) is 6.54 Å². The Bertz CT molecular complexity index is 623. The molecule has 112 valence electrons. The summed E-state index contributed by atoms with van der Waals surface area (Å²) in [6.07, 6.45) is 0.929. The van der Waals surface area contributed by atoms with Gasteiger partial charge in [-0.25, -0.2) is 8.78 Å². The van der Waals surface area contributed by atoms with Gasteiger partial charge < -0.3 is 5.32 Å². The molecular formula is C18H21F2N. The molecule has 0 aliphatic carbocycles. The summed E-state index contributed by atoms with van der Waals surface area (Å²) in [6.45, 7) is 6.82. The Morgan fingerprint density at radius 2 is 1.81 bits per heavy atom. The molecule has 1 N–H and O–H groups in total. The second kappa shape index (κ2) is 6.81. The second-order valence-electron chi connectivity index (χ2n) is 5.39. The summed E-state index contributed by atoms with van der Waals surface area (Å²) < 4.78 is 27.7. The molecule has 0 fully saturated rings. The Hall–Kier alpha value is -1.74. The first-order chi connectivity index (χ1) is 10.0. The van der Waals surface area contributed by atoms with Gasteiger partial charge in [-0.05, 0) is 44.0 Å². The molecule has 0 heterocycles. The largest absolute Gasteiger partial charge is 0.306 e. The number of rotatable bonds is 5. The molecule has 2 aromatic rings. The Morgan fingerprint density at radius 3 is 2.48 bits per heavy atom. The van der Waals surface area contributed by atoms with Crippen molar-refractivity contribution in [2.24, 2.45) is 0 Å². The molecule has 3 heteroatoms. The van der Waals surface area contributed by atoms with E-state index in [1.807, 2.05) is 32.9 Å². The molecule has 2 aromatic carbocycles. The highest BCUT2D eigenvalue weighted by Crippen LogP contribution is 2.28. The molecule has 0 spiro atoms. The fraction of sp³-hybridized carbons (Fsp3) is 0.333. The van der Waals surface area contributed by atoms with E-state index in [9.17, 15) is 8.78 Å².